The highest BCUT2D eigenvalue weighted by Gasteiger charge is 2.09. The first-order valence-corrected chi connectivity index (χ1v) is 9.16. The lowest BCUT2D eigenvalue weighted by atomic mass is 10.1. The van der Waals surface area contributed by atoms with Gasteiger partial charge in [0.2, 0.25) is 0 Å². The van der Waals surface area contributed by atoms with Crippen LogP contribution in [0.2, 0.25) is 0 Å². The molecule has 0 atom stereocenters. The number of pyridine rings is 2. The first-order valence-electron chi connectivity index (χ1n) is 8.28. The fourth-order valence-corrected chi connectivity index (χ4v) is 3.71. The van der Waals surface area contributed by atoms with E-state index in [0.29, 0.717) is 0 Å². The first kappa shape index (κ1) is 15.0. The highest BCUT2D eigenvalue weighted by atomic mass is 32.1. The van der Waals surface area contributed by atoms with Crippen LogP contribution in [0.3, 0.4) is 0 Å². The summed E-state index contributed by atoms with van der Waals surface area (Å²) in [7, 11) is 0. The van der Waals surface area contributed by atoms with Crippen molar-refractivity contribution in [3.05, 3.63) is 78.4 Å². The van der Waals surface area contributed by atoms with Crippen LogP contribution < -0.4 is 5.32 Å². The summed E-state index contributed by atoms with van der Waals surface area (Å²) in [6.07, 6.45) is 1.81. The zero-order chi connectivity index (χ0) is 17.3. The van der Waals surface area contributed by atoms with Crippen LogP contribution in [-0.2, 0) is 0 Å². The maximum Gasteiger partial charge on any atom is 0.140 e. The van der Waals surface area contributed by atoms with Crippen molar-refractivity contribution in [2.75, 3.05) is 5.32 Å². The molecule has 0 aliphatic heterocycles. The van der Waals surface area contributed by atoms with E-state index >= 15 is 0 Å². The van der Waals surface area contributed by atoms with Crippen molar-refractivity contribution >= 4 is 44.0 Å². The number of nitrogens with one attached hydrogen (secondary N) is 1. The highest BCUT2D eigenvalue weighted by molar-refractivity contribution is 7.16. The number of nitrogens with zero attached hydrogens (tertiary/aromatic N) is 3. The molecule has 0 aliphatic carbocycles. The molecule has 5 rings (SSSR count). The molecule has 3 heterocycles. The monoisotopic (exact) mass is 354 g/mol. The third-order valence-corrected chi connectivity index (χ3v) is 5.05. The average Bonchev–Trinajstić information content (AvgIpc) is 3.16. The quantitative estimate of drug-likeness (QED) is 0.455. The summed E-state index contributed by atoms with van der Waals surface area (Å²) in [5, 5.41) is 4.46. The van der Waals surface area contributed by atoms with E-state index in [0.717, 1.165) is 43.9 Å². The van der Waals surface area contributed by atoms with Crippen LogP contribution in [0.15, 0.2) is 78.4 Å². The molecule has 5 aromatic rings. The van der Waals surface area contributed by atoms with Crippen LogP contribution in [0.4, 0.5) is 11.5 Å². The van der Waals surface area contributed by atoms with Gasteiger partial charge < -0.3 is 5.32 Å². The number of anilines is 2. The van der Waals surface area contributed by atoms with E-state index in [2.05, 4.69) is 33.5 Å². The van der Waals surface area contributed by atoms with Gasteiger partial charge in [-0.2, -0.15) is 0 Å². The van der Waals surface area contributed by atoms with Gasteiger partial charge in [-0.1, -0.05) is 30.3 Å². The number of benzene rings is 2. The highest BCUT2D eigenvalue weighted by Crippen LogP contribution is 2.30. The second-order valence-corrected chi connectivity index (χ2v) is 6.84. The second-order valence-electron chi connectivity index (χ2n) is 5.95. The standard InChI is InChI=1S/C21H14N4S/c1-2-5-14(6-3-1)18-12-19-16(7-4-10-22-19)21(25-18)24-15-8-9-17-20(11-15)26-13-23-17/h1-13H,(H,24,25). The first-order chi connectivity index (χ1) is 12.9. The Morgan fingerprint density at radius 1 is 0.808 bits per heavy atom. The summed E-state index contributed by atoms with van der Waals surface area (Å²) in [5.74, 6) is 0.804. The van der Waals surface area contributed by atoms with Crippen molar-refractivity contribution < 1.29 is 0 Å². The van der Waals surface area contributed by atoms with Crippen LogP contribution in [0.5, 0.6) is 0 Å². The van der Waals surface area contributed by atoms with Crippen LogP contribution in [-0.4, -0.2) is 15.0 Å². The Morgan fingerprint density at radius 3 is 2.65 bits per heavy atom. The van der Waals surface area contributed by atoms with Gasteiger partial charge in [0, 0.05) is 22.8 Å². The Hall–Kier alpha value is -3.31. The van der Waals surface area contributed by atoms with E-state index in [1.807, 2.05) is 60.2 Å². The molecule has 0 radical (unpaired) electrons. The predicted octanol–water partition coefficient (Wildman–Crippen LogP) is 5.65. The number of aromatic nitrogens is 3. The minimum Gasteiger partial charge on any atom is -0.340 e. The fraction of sp³-hybridized carbons (Fsp3) is 0. The van der Waals surface area contributed by atoms with Crippen molar-refractivity contribution in [1.29, 1.82) is 0 Å². The van der Waals surface area contributed by atoms with Gasteiger partial charge in [0.1, 0.15) is 5.82 Å². The van der Waals surface area contributed by atoms with Crippen LogP contribution in [0.25, 0.3) is 32.4 Å². The van der Waals surface area contributed by atoms with Crippen molar-refractivity contribution in [3.8, 4) is 11.3 Å². The maximum absolute atomic E-state index is 4.87. The second kappa shape index (κ2) is 6.20. The third-order valence-electron chi connectivity index (χ3n) is 4.26. The molecular formula is C21H14N4S. The number of hydrogen-bond donors (Lipinski definition) is 1. The molecular weight excluding hydrogens is 340 g/mol. The maximum atomic E-state index is 4.87. The number of hydrogen-bond acceptors (Lipinski definition) is 5. The minimum absolute atomic E-state index is 0.804. The van der Waals surface area contributed by atoms with Gasteiger partial charge in [-0.25, -0.2) is 9.97 Å². The number of rotatable bonds is 3. The van der Waals surface area contributed by atoms with E-state index in [4.69, 9.17) is 4.98 Å². The molecule has 1 N–H and O–H groups in total. The molecule has 5 heteroatoms. The predicted molar refractivity (Wildman–Crippen MR) is 108 cm³/mol. The molecule has 0 aliphatic rings. The third kappa shape index (κ3) is 2.68. The molecule has 3 aromatic heterocycles. The van der Waals surface area contributed by atoms with Gasteiger partial charge >= 0.3 is 0 Å². The normalized spacial score (nSPS) is 11.1. The molecule has 0 saturated heterocycles. The zero-order valence-electron chi connectivity index (χ0n) is 13.8. The van der Waals surface area contributed by atoms with Crippen LogP contribution >= 0.6 is 11.3 Å². The molecule has 0 fully saturated rings. The van der Waals surface area contributed by atoms with E-state index in [9.17, 15) is 0 Å². The fourth-order valence-electron chi connectivity index (χ4n) is 3.00. The van der Waals surface area contributed by atoms with Crippen LogP contribution in [0, 0.1) is 0 Å². The van der Waals surface area contributed by atoms with E-state index < -0.39 is 0 Å². The lowest BCUT2D eigenvalue weighted by Gasteiger charge is -2.11. The van der Waals surface area contributed by atoms with Gasteiger partial charge in [0.05, 0.1) is 26.9 Å². The average molecular weight is 354 g/mol. The Balaban J connectivity index is 1.65. The van der Waals surface area contributed by atoms with Crippen molar-refractivity contribution in [2.24, 2.45) is 0 Å². The van der Waals surface area contributed by atoms with E-state index in [1.54, 1.807) is 11.3 Å². The molecule has 26 heavy (non-hydrogen) atoms. The topological polar surface area (TPSA) is 50.7 Å². The largest absolute Gasteiger partial charge is 0.340 e. The summed E-state index contributed by atoms with van der Waals surface area (Å²) in [4.78, 5) is 13.7. The van der Waals surface area contributed by atoms with Crippen LogP contribution in [0.1, 0.15) is 0 Å². The number of thiazole rings is 1. The Morgan fingerprint density at radius 2 is 1.73 bits per heavy atom. The molecule has 0 amide bonds. The Bertz CT molecular complexity index is 1210. The Labute approximate surface area is 154 Å². The molecule has 0 bridgehead atoms. The summed E-state index contributed by atoms with van der Waals surface area (Å²) in [5.41, 5.74) is 6.76. The van der Waals surface area contributed by atoms with Gasteiger partial charge in [0.15, 0.2) is 0 Å². The van der Waals surface area contributed by atoms with Gasteiger partial charge in [0.25, 0.3) is 0 Å². The van der Waals surface area contributed by atoms with Gasteiger partial charge in [-0.3, -0.25) is 4.98 Å². The Kier molecular flexibility index (Phi) is 3.57. The zero-order valence-corrected chi connectivity index (χ0v) is 14.6. The van der Waals surface area contributed by atoms with Crippen molar-refractivity contribution in [3.63, 3.8) is 0 Å². The lowest BCUT2D eigenvalue weighted by molar-refractivity contribution is 1.31. The van der Waals surface area contributed by atoms with Gasteiger partial charge in [-0.05, 0) is 36.4 Å². The number of fused-ring (bicyclic) bond motifs is 2. The van der Waals surface area contributed by atoms with E-state index in [-0.39, 0.29) is 0 Å². The lowest BCUT2D eigenvalue weighted by Crippen LogP contribution is -1.97. The summed E-state index contributed by atoms with van der Waals surface area (Å²) >= 11 is 1.63. The van der Waals surface area contributed by atoms with Crippen molar-refractivity contribution in [2.45, 2.75) is 0 Å². The SMILES string of the molecule is c1ccc(-c2cc3ncccc3c(Nc3ccc4ncsc4c3)n2)cc1. The van der Waals surface area contributed by atoms with Crippen molar-refractivity contribution in [1.82, 2.24) is 15.0 Å². The minimum atomic E-state index is 0.804. The molecule has 0 spiro atoms. The van der Waals surface area contributed by atoms with Gasteiger partial charge in [-0.15, -0.1) is 11.3 Å². The smallest absolute Gasteiger partial charge is 0.140 e. The molecule has 0 unspecified atom stereocenters. The molecule has 0 saturated carbocycles. The van der Waals surface area contributed by atoms with E-state index in [1.165, 1.54) is 0 Å². The summed E-state index contributed by atoms with van der Waals surface area (Å²) in [6, 6.07) is 22.3. The summed E-state index contributed by atoms with van der Waals surface area (Å²) in [6.45, 7) is 0. The molecule has 124 valence electrons. The summed E-state index contributed by atoms with van der Waals surface area (Å²) < 4.78 is 1.15. The molecule has 4 nitrogen and oxygen atoms in total. The molecule has 2 aromatic carbocycles.